The summed E-state index contributed by atoms with van der Waals surface area (Å²) < 4.78 is 49.6. The second-order valence-electron chi connectivity index (χ2n) is 8.43. The fourth-order valence-electron chi connectivity index (χ4n) is 4.00. The third-order valence-corrected chi connectivity index (χ3v) is 9.43. The van der Waals surface area contributed by atoms with Crippen molar-refractivity contribution in [2.24, 2.45) is 0 Å². The first kappa shape index (κ1) is 28.0. The molecule has 1 saturated heterocycles. The highest BCUT2D eigenvalue weighted by molar-refractivity contribution is 9.11. The van der Waals surface area contributed by atoms with E-state index in [1.54, 1.807) is 24.5 Å². The number of hydrogen-bond acceptors (Lipinski definition) is 9. The summed E-state index contributed by atoms with van der Waals surface area (Å²) in [4.78, 5) is 8.36. The Labute approximate surface area is 236 Å². The Morgan fingerprint density at radius 2 is 1.76 bits per heavy atom. The summed E-state index contributed by atoms with van der Waals surface area (Å²) in [6, 6.07) is 1.78. The molecule has 1 aliphatic rings. The molecule has 0 amide bonds. The van der Waals surface area contributed by atoms with Crippen LogP contribution in [0.2, 0.25) is 5.02 Å². The Bertz CT molecular complexity index is 1350. The first-order valence-corrected chi connectivity index (χ1v) is 14.7. The van der Waals surface area contributed by atoms with E-state index in [1.807, 2.05) is 0 Å². The van der Waals surface area contributed by atoms with Crippen molar-refractivity contribution in [1.82, 2.24) is 24.7 Å². The molecular weight excluding hydrogens is 656 g/mol. The van der Waals surface area contributed by atoms with Crippen molar-refractivity contribution >= 4 is 59.4 Å². The number of hydrogen-bond donors (Lipinski definition) is 1. The summed E-state index contributed by atoms with van der Waals surface area (Å²) in [5.74, 6) is 1.02. The number of benzene rings is 1. The van der Waals surface area contributed by atoms with Gasteiger partial charge in [0.2, 0.25) is 16.0 Å². The Kier molecular flexibility index (Phi) is 8.63. The van der Waals surface area contributed by atoms with Crippen LogP contribution in [0.3, 0.4) is 0 Å². The molecule has 0 radical (unpaired) electrons. The first-order chi connectivity index (χ1) is 17.6. The standard InChI is InChI=1S/C22H25Br2ClN6O5S/c1-11(20-26-8-14(25)9-27-20)12(2)37(32,33)30-22-29-28-21(13-5-6-36-10-13)31(22)17-18(34-3)15(23)7-16(24)19(17)35-4/h7-9,11-13H,5-6,10H2,1-4H3,(H,29,30)/t11-,12-,13?/m0/s1. The van der Waals surface area contributed by atoms with Crippen molar-refractivity contribution in [3.8, 4) is 17.2 Å². The molecule has 1 unspecified atom stereocenters. The SMILES string of the molecule is COc1c(Br)cc(Br)c(OC)c1-n1c(NS(=O)(=O)[C@@H](C)[C@H](C)c2ncc(Cl)cn2)nnc1C1CCOC1. The van der Waals surface area contributed by atoms with Crippen LogP contribution >= 0.6 is 43.5 Å². The summed E-state index contributed by atoms with van der Waals surface area (Å²) in [5, 5.41) is 8.04. The molecule has 11 nitrogen and oxygen atoms in total. The van der Waals surface area contributed by atoms with E-state index < -0.39 is 21.2 Å². The molecule has 0 spiro atoms. The van der Waals surface area contributed by atoms with Gasteiger partial charge in [0.1, 0.15) is 17.3 Å². The number of nitrogens with zero attached hydrogens (tertiary/aromatic N) is 5. The molecule has 3 aromatic rings. The van der Waals surface area contributed by atoms with Gasteiger partial charge in [0, 0.05) is 30.8 Å². The quantitative estimate of drug-likeness (QED) is 0.342. The van der Waals surface area contributed by atoms with E-state index in [9.17, 15) is 8.42 Å². The number of sulfonamides is 1. The largest absolute Gasteiger partial charge is 0.493 e. The van der Waals surface area contributed by atoms with Gasteiger partial charge in [-0.1, -0.05) is 18.5 Å². The summed E-state index contributed by atoms with van der Waals surface area (Å²) in [7, 11) is -0.967. The van der Waals surface area contributed by atoms with E-state index in [1.165, 1.54) is 26.6 Å². The van der Waals surface area contributed by atoms with Crippen molar-refractivity contribution in [1.29, 1.82) is 0 Å². The summed E-state index contributed by atoms with van der Waals surface area (Å²) in [6.07, 6.45) is 3.57. The zero-order valence-electron chi connectivity index (χ0n) is 20.4. The van der Waals surface area contributed by atoms with Crippen molar-refractivity contribution < 1.29 is 22.6 Å². The topological polar surface area (TPSA) is 130 Å². The molecule has 1 N–H and O–H groups in total. The minimum atomic E-state index is -3.99. The number of ether oxygens (including phenoxy) is 3. The Balaban J connectivity index is 1.82. The Morgan fingerprint density at radius 3 is 2.30 bits per heavy atom. The monoisotopic (exact) mass is 678 g/mol. The van der Waals surface area contributed by atoms with Crippen LogP contribution in [0.5, 0.6) is 11.5 Å². The van der Waals surface area contributed by atoms with Crippen molar-refractivity contribution in [2.45, 2.75) is 37.4 Å². The maximum atomic E-state index is 13.6. The van der Waals surface area contributed by atoms with Gasteiger partial charge in [-0.05, 0) is 51.3 Å². The molecule has 4 rings (SSSR count). The lowest BCUT2D eigenvalue weighted by molar-refractivity contribution is 0.193. The normalized spacial score (nSPS) is 17.4. The molecule has 0 saturated carbocycles. The van der Waals surface area contributed by atoms with Crippen molar-refractivity contribution in [3.05, 3.63) is 44.1 Å². The predicted molar refractivity (Wildman–Crippen MR) is 146 cm³/mol. The van der Waals surface area contributed by atoms with E-state index in [-0.39, 0.29) is 11.9 Å². The smallest absolute Gasteiger partial charge is 0.243 e. The van der Waals surface area contributed by atoms with Gasteiger partial charge < -0.3 is 14.2 Å². The zero-order chi connectivity index (χ0) is 26.9. The van der Waals surface area contributed by atoms with E-state index in [0.29, 0.717) is 62.4 Å². The predicted octanol–water partition coefficient (Wildman–Crippen LogP) is 4.69. The maximum Gasteiger partial charge on any atom is 0.243 e. The lowest BCUT2D eigenvalue weighted by Gasteiger charge is -2.23. The molecule has 0 aliphatic carbocycles. The van der Waals surface area contributed by atoms with Gasteiger partial charge in [-0.15, -0.1) is 10.2 Å². The average Bonchev–Trinajstić information content (AvgIpc) is 3.53. The van der Waals surface area contributed by atoms with E-state index in [0.717, 1.165) is 0 Å². The summed E-state index contributed by atoms with van der Waals surface area (Å²) >= 11 is 12.9. The molecule has 3 heterocycles. The van der Waals surface area contributed by atoms with E-state index in [4.69, 9.17) is 25.8 Å². The van der Waals surface area contributed by atoms with Crippen LogP contribution in [-0.4, -0.2) is 65.8 Å². The molecule has 0 bridgehead atoms. The van der Waals surface area contributed by atoms with Gasteiger partial charge in [-0.3, -0.25) is 9.29 Å². The van der Waals surface area contributed by atoms with Gasteiger partial charge in [0.25, 0.3) is 0 Å². The van der Waals surface area contributed by atoms with Crippen LogP contribution < -0.4 is 14.2 Å². The highest BCUT2D eigenvalue weighted by Crippen LogP contribution is 2.46. The van der Waals surface area contributed by atoms with E-state index >= 15 is 0 Å². The van der Waals surface area contributed by atoms with Crippen molar-refractivity contribution in [3.63, 3.8) is 0 Å². The fourth-order valence-corrected chi connectivity index (χ4v) is 6.80. The average molecular weight is 681 g/mol. The van der Waals surface area contributed by atoms with Crippen LogP contribution in [0, 0.1) is 0 Å². The van der Waals surface area contributed by atoms with Crippen LogP contribution in [0.1, 0.15) is 43.8 Å². The van der Waals surface area contributed by atoms with Crippen LogP contribution in [0.4, 0.5) is 5.95 Å². The first-order valence-electron chi connectivity index (χ1n) is 11.2. The van der Waals surface area contributed by atoms with Crippen LogP contribution in [0.15, 0.2) is 27.4 Å². The Morgan fingerprint density at radius 1 is 1.14 bits per heavy atom. The van der Waals surface area contributed by atoms with Crippen LogP contribution in [0.25, 0.3) is 5.69 Å². The second-order valence-corrected chi connectivity index (χ2v) is 12.6. The fraction of sp³-hybridized carbons (Fsp3) is 0.455. The van der Waals surface area contributed by atoms with E-state index in [2.05, 4.69) is 56.7 Å². The maximum absolute atomic E-state index is 13.6. The molecule has 2 aromatic heterocycles. The number of rotatable bonds is 9. The van der Waals surface area contributed by atoms with Crippen LogP contribution in [-0.2, 0) is 14.8 Å². The van der Waals surface area contributed by atoms with Gasteiger partial charge in [0.15, 0.2) is 11.5 Å². The second kappa shape index (κ2) is 11.4. The molecule has 200 valence electrons. The minimum absolute atomic E-state index is 0.0143. The molecule has 1 fully saturated rings. The lowest BCUT2D eigenvalue weighted by atomic mass is 10.1. The number of halogens is 3. The third-order valence-electron chi connectivity index (χ3n) is 6.21. The van der Waals surface area contributed by atoms with Gasteiger partial charge in [0.05, 0.1) is 40.0 Å². The number of anilines is 1. The molecule has 1 aliphatic heterocycles. The third kappa shape index (κ3) is 5.58. The number of nitrogens with one attached hydrogen (secondary N) is 1. The minimum Gasteiger partial charge on any atom is -0.493 e. The number of aromatic nitrogens is 5. The highest BCUT2D eigenvalue weighted by atomic mass is 79.9. The molecule has 1 aromatic carbocycles. The molecule has 37 heavy (non-hydrogen) atoms. The molecule has 3 atom stereocenters. The highest BCUT2D eigenvalue weighted by Gasteiger charge is 2.35. The number of methoxy groups -OCH3 is 2. The molecular formula is C22H25Br2ClN6O5S. The Hall–Kier alpha value is -2.00. The van der Waals surface area contributed by atoms with Gasteiger partial charge >= 0.3 is 0 Å². The molecule has 15 heteroatoms. The lowest BCUT2D eigenvalue weighted by Crippen LogP contribution is -2.31. The summed E-state index contributed by atoms with van der Waals surface area (Å²) in [5.41, 5.74) is 0.428. The van der Waals surface area contributed by atoms with Crippen molar-refractivity contribution in [2.75, 3.05) is 32.2 Å². The zero-order valence-corrected chi connectivity index (χ0v) is 25.1. The van der Waals surface area contributed by atoms with Gasteiger partial charge in [-0.25, -0.2) is 18.4 Å². The summed E-state index contributed by atoms with van der Waals surface area (Å²) in [6.45, 7) is 4.29. The van der Waals surface area contributed by atoms with Gasteiger partial charge in [-0.2, -0.15) is 0 Å².